The Labute approximate surface area is 107 Å². The Bertz CT molecular complexity index is 484. The van der Waals surface area contributed by atoms with Gasteiger partial charge in [-0.05, 0) is 12.5 Å². The molecule has 2 rings (SSSR count). The highest BCUT2D eigenvalue weighted by atomic mass is 15.2. The van der Waals surface area contributed by atoms with Gasteiger partial charge in [0, 0.05) is 25.8 Å². The van der Waals surface area contributed by atoms with Crippen molar-refractivity contribution < 1.29 is 0 Å². The van der Waals surface area contributed by atoms with Gasteiger partial charge in [-0.2, -0.15) is 0 Å². The molecule has 4 nitrogen and oxygen atoms in total. The molecular weight excluding hydrogens is 224 g/mol. The van der Waals surface area contributed by atoms with Crippen LogP contribution in [0.5, 0.6) is 0 Å². The van der Waals surface area contributed by atoms with Gasteiger partial charge in [-0.25, -0.2) is 4.98 Å². The maximum atomic E-state index is 5.59. The first kappa shape index (κ1) is 12.5. The van der Waals surface area contributed by atoms with Crippen LogP contribution in [-0.4, -0.2) is 16.5 Å². The van der Waals surface area contributed by atoms with E-state index in [2.05, 4.69) is 33.9 Å². The second kappa shape index (κ2) is 6.12. The molecule has 0 radical (unpaired) electrons. The molecule has 2 aromatic rings. The Balaban J connectivity index is 2.17. The minimum Gasteiger partial charge on any atom is -0.351 e. The van der Waals surface area contributed by atoms with Crippen molar-refractivity contribution in [1.82, 2.24) is 9.97 Å². The van der Waals surface area contributed by atoms with Crippen molar-refractivity contribution in [3.8, 4) is 0 Å². The predicted octanol–water partition coefficient (Wildman–Crippen LogP) is 1.96. The van der Waals surface area contributed by atoms with E-state index >= 15 is 0 Å². The average molecular weight is 242 g/mol. The molecule has 0 atom stereocenters. The highest BCUT2D eigenvalue weighted by molar-refractivity contribution is 5.37. The summed E-state index contributed by atoms with van der Waals surface area (Å²) in [7, 11) is 0. The van der Waals surface area contributed by atoms with Gasteiger partial charge in [-0.15, -0.1) is 0 Å². The molecule has 4 heteroatoms. The summed E-state index contributed by atoms with van der Waals surface area (Å²) >= 11 is 0. The SMILES string of the molecule is CCN(Cc1ccccc1)c1cncc(CN)n1. The maximum Gasteiger partial charge on any atom is 0.147 e. The first-order valence-corrected chi connectivity index (χ1v) is 6.13. The third-order valence-corrected chi connectivity index (χ3v) is 2.80. The van der Waals surface area contributed by atoms with Crippen LogP contribution in [-0.2, 0) is 13.1 Å². The Kier molecular flexibility index (Phi) is 4.25. The maximum absolute atomic E-state index is 5.59. The minimum absolute atomic E-state index is 0.420. The molecule has 0 unspecified atom stereocenters. The van der Waals surface area contributed by atoms with Gasteiger partial charge in [0.2, 0.25) is 0 Å². The quantitative estimate of drug-likeness (QED) is 0.870. The minimum atomic E-state index is 0.420. The molecule has 0 bridgehead atoms. The van der Waals surface area contributed by atoms with Crippen molar-refractivity contribution in [2.75, 3.05) is 11.4 Å². The molecular formula is C14H18N4. The lowest BCUT2D eigenvalue weighted by Crippen LogP contribution is -2.23. The molecule has 0 spiro atoms. The third kappa shape index (κ3) is 3.05. The summed E-state index contributed by atoms with van der Waals surface area (Å²) in [6.45, 7) is 4.25. The molecule has 0 fully saturated rings. The van der Waals surface area contributed by atoms with E-state index in [4.69, 9.17) is 5.73 Å². The van der Waals surface area contributed by atoms with Crippen LogP contribution in [0.2, 0.25) is 0 Å². The van der Waals surface area contributed by atoms with Crippen LogP contribution in [0.15, 0.2) is 42.7 Å². The van der Waals surface area contributed by atoms with Crippen LogP contribution in [0.3, 0.4) is 0 Å². The Morgan fingerprint density at radius 2 is 1.94 bits per heavy atom. The van der Waals surface area contributed by atoms with Crippen LogP contribution >= 0.6 is 0 Å². The van der Waals surface area contributed by atoms with Gasteiger partial charge < -0.3 is 10.6 Å². The molecule has 0 saturated carbocycles. The van der Waals surface area contributed by atoms with Gasteiger partial charge in [0.1, 0.15) is 5.82 Å². The van der Waals surface area contributed by atoms with E-state index in [1.54, 1.807) is 12.4 Å². The van der Waals surface area contributed by atoms with Crippen LogP contribution in [0, 0.1) is 0 Å². The fraction of sp³-hybridized carbons (Fsp3) is 0.286. The number of rotatable bonds is 5. The number of hydrogen-bond donors (Lipinski definition) is 1. The molecule has 0 aliphatic heterocycles. The van der Waals surface area contributed by atoms with E-state index in [-0.39, 0.29) is 0 Å². The van der Waals surface area contributed by atoms with E-state index in [1.807, 2.05) is 18.2 Å². The van der Waals surface area contributed by atoms with Gasteiger partial charge in [0.25, 0.3) is 0 Å². The highest BCUT2D eigenvalue weighted by Crippen LogP contribution is 2.13. The van der Waals surface area contributed by atoms with Crippen LogP contribution in [0.1, 0.15) is 18.2 Å². The van der Waals surface area contributed by atoms with Crippen molar-refractivity contribution in [1.29, 1.82) is 0 Å². The molecule has 2 N–H and O–H groups in total. The van der Waals surface area contributed by atoms with Crippen molar-refractivity contribution >= 4 is 5.82 Å². The Morgan fingerprint density at radius 3 is 2.61 bits per heavy atom. The molecule has 1 aromatic carbocycles. The van der Waals surface area contributed by atoms with E-state index in [0.29, 0.717) is 6.54 Å². The predicted molar refractivity (Wildman–Crippen MR) is 73.1 cm³/mol. The molecule has 0 amide bonds. The van der Waals surface area contributed by atoms with Gasteiger partial charge >= 0.3 is 0 Å². The van der Waals surface area contributed by atoms with E-state index in [0.717, 1.165) is 24.6 Å². The summed E-state index contributed by atoms with van der Waals surface area (Å²) in [6.07, 6.45) is 3.49. The molecule has 94 valence electrons. The molecule has 18 heavy (non-hydrogen) atoms. The summed E-state index contributed by atoms with van der Waals surface area (Å²) < 4.78 is 0. The highest BCUT2D eigenvalue weighted by Gasteiger charge is 2.07. The van der Waals surface area contributed by atoms with Gasteiger partial charge in [-0.3, -0.25) is 4.98 Å². The van der Waals surface area contributed by atoms with Crippen LogP contribution in [0.4, 0.5) is 5.82 Å². The van der Waals surface area contributed by atoms with E-state index in [1.165, 1.54) is 5.56 Å². The second-order valence-electron chi connectivity index (χ2n) is 4.07. The lowest BCUT2D eigenvalue weighted by atomic mass is 10.2. The lowest BCUT2D eigenvalue weighted by Gasteiger charge is -2.22. The van der Waals surface area contributed by atoms with Crippen molar-refractivity contribution in [3.05, 3.63) is 54.0 Å². The number of aromatic nitrogens is 2. The standard InChI is InChI=1S/C14H18N4/c1-2-18(11-12-6-4-3-5-7-12)14-10-16-9-13(8-15)17-14/h3-7,9-10H,2,8,11,15H2,1H3. The van der Waals surface area contributed by atoms with E-state index < -0.39 is 0 Å². The van der Waals surface area contributed by atoms with Gasteiger partial charge in [-0.1, -0.05) is 30.3 Å². The molecule has 1 aromatic heterocycles. The fourth-order valence-electron chi connectivity index (χ4n) is 1.80. The molecule has 0 aliphatic carbocycles. The zero-order chi connectivity index (χ0) is 12.8. The summed E-state index contributed by atoms with van der Waals surface area (Å²) in [6, 6.07) is 10.3. The number of anilines is 1. The Hall–Kier alpha value is -1.94. The number of nitrogens with two attached hydrogens (primary N) is 1. The number of hydrogen-bond acceptors (Lipinski definition) is 4. The number of benzene rings is 1. The zero-order valence-corrected chi connectivity index (χ0v) is 10.6. The van der Waals surface area contributed by atoms with Crippen LogP contribution in [0.25, 0.3) is 0 Å². The van der Waals surface area contributed by atoms with Crippen molar-refractivity contribution in [2.45, 2.75) is 20.0 Å². The third-order valence-electron chi connectivity index (χ3n) is 2.80. The summed E-state index contributed by atoms with van der Waals surface area (Å²) in [5.41, 5.74) is 7.67. The monoisotopic (exact) mass is 242 g/mol. The zero-order valence-electron chi connectivity index (χ0n) is 10.6. The topological polar surface area (TPSA) is 55.0 Å². The van der Waals surface area contributed by atoms with Gasteiger partial charge in [0.15, 0.2) is 0 Å². The fourth-order valence-corrected chi connectivity index (χ4v) is 1.80. The summed E-state index contributed by atoms with van der Waals surface area (Å²) in [4.78, 5) is 10.9. The number of nitrogens with zero attached hydrogens (tertiary/aromatic N) is 3. The Morgan fingerprint density at radius 1 is 1.17 bits per heavy atom. The smallest absolute Gasteiger partial charge is 0.147 e. The van der Waals surface area contributed by atoms with Crippen LogP contribution < -0.4 is 10.6 Å². The second-order valence-corrected chi connectivity index (χ2v) is 4.07. The van der Waals surface area contributed by atoms with Crippen molar-refractivity contribution in [2.24, 2.45) is 5.73 Å². The first-order chi connectivity index (χ1) is 8.83. The van der Waals surface area contributed by atoms with Gasteiger partial charge in [0.05, 0.1) is 11.9 Å². The summed E-state index contributed by atoms with van der Waals surface area (Å²) in [5.74, 6) is 0.879. The molecule has 0 aliphatic rings. The molecule has 0 saturated heterocycles. The molecule has 1 heterocycles. The lowest BCUT2D eigenvalue weighted by molar-refractivity contribution is 0.798. The largest absolute Gasteiger partial charge is 0.351 e. The summed E-state index contributed by atoms with van der Waals surface area (Å²) in [5, 5.41) is 0. The van der Waals surface area contributed by atoms with Crippen molar-refractivity contribution in [3.63, 3.8) is 0 Å². The van der Waals surface area contributed by atoms with E-state index in [9.17, 15) is 0 Å². The average Bonchev–Trinajstić information content (AvgIpc) is 2.46. The first-order valence-electron chi connectivity index (χ1n) is 6.13. The normalized spacial score (nSPS) is 10.3.